The van der Waals surface area contributed by atoms with Crippen LogP contribution in [0.25, 0.3) is 0 Å². The van der Waals surface area contributed by atoms with Crippen molar-refractivity contribution in [3.8, 4) is 11.5 Å². The molecular formula is C9H8N2O6. The Balaban J connectivity index is 2.56. The van der Waals surface area contributed by atoms with Crippen molar-refractivity contribution in [2.45, 2.75) is 6.42 Å². The number of benzene rings is 1. The molecule has 0 radical (unpaired) electrons. The van der Waals surface area contributed by atoms with Gasteiger partial charge in [-0.15, -0.1) is 0 Å². The van der Waals surface area contributed by atoms with Crippen LogP contribution >= 0.6 is 0 Å². The predicted molar refractivity (Wildman–Crippen MR) is 55.4 cm³/mol. The van der Waals surface area contributed by atoms with Crippen LogP contribution in [0.3, 0.4) is 0 Å². The highest BCUT2D eigenvalue weighted by Gasteiger charge is 2.28. The fourth-order valence-electron chi connectivity index (χ4n) is 1.48. The average molecular weight is 240 g/mol. The number of ether oxygens (including phenoxy) is 2. The third kappa shape index (κ3) is 2.10. The molecule has 0 N–H and O–H groups in total. The minimum Gasteiger partial charge on any atom is -0.489 e. The molecule has 0 unspecified atom stereocenters. The summed E-state index contributed by atoms with van der Waals surface area (Å²) in [5.74, 6) is 0.333. The monoisotopic (exact) mass is 240 g/mol. The maximum absolute atomic E-state index is 10.7. The van der Waals surface area contributed by atoms with Crippen molar-refractivity contribution < 1.29 is 19.3 Å². The second kappa shape index (κ2) is 4.24. The fourth-order valence-corrected chi connectivity index (χ4v) is 1.48. The van der Waals surface area contributed by atoms with Crippen molar-refractivity contribution >= 4 is 11.4 Å². The van der Waals surface area contributed by atoms with Crippen LogP contribution in [-0.4, -0.2) is 23.1 Å². The molecule has 8 heteroatoms. The molecule has 0 spiro atoms. The fraction of sp³-hybridized carbons (Fsp3) is 0.333. The maximum Gasteiger partial charge on any atom is 0.350 e. The largest absolute Gasteiger partial charge is 0.489 e. The average Bonchev–Trinajstić information content (AvgIpc) is 2.51. The Morgan fingerprint density at radius 3 is 1.71 bits per heavy atom. The summed E-state index contributed by atoms with van der Waals surface area (Å²) in [7, 11) is 0. The highest BCUT2D eigenvalue weighted by atomic mass is 16.6. The molecule has 0 fully saturated rings. The summed E-state index contributed by atoms with van der Waals surface area (Å²) < 4.78 is 10.4. The van der Waals surface area contributed by atoms with Gasteiger partial charge in [0.2, 0.25) is 0 Å². The van der Waals surface area contributed by atoms with E-state index in [1.807, 2.05) is 0 Å². The number of nitrogens with zero attached hydrogens (tertiary/aromatic N) is 2. The molecule has 0 saturated carbocycles. The van der Waals surface area contributed by atoms with E-state index >= 15 is 0 Å². The number of hydrogen-bond acceptors (Lipinski definition) is 6. The zero-order valence-corrected chi connectivity index (χ0v) is 8.62. The van der Waals surface area contributed by atoms with E-state index in [9.17, 15) is 20.2 Å². The number of rotatable bonds is 2. The lowest BCUT2D eigenvalue weighted by molar-refractivity contribution is -0.422. The van der Waals surface area contributed by atoms with E-state index in [2.05, 4.69) is 0 Å². The van der Waals surface area contributed by atoms with Crippen LogP contribution in [0.4, 0.5) is 11.4 Å². The number of nitro benzene ring substituents is 2. The van der Waals surface area contributed by atoms with Gasteiger partial charge < -0.3 is 9.47 Å². The molecule has 0 amide bonds. The van der Waals surface area contributed by atoms with Gasteiger partial charge in [-0.3, -0.25) is 20.2 Å². The molecule has 0 aliphatic carbocycles. The first kappa shape index (κ1) is 11.1. The van der Waals surface area contributed by atoms with Crippen molar-refractivity contribution in [1.29, 1.82) is 0 Å². The third-order valence-corrected chi connectivity index (χ3v) is 2.24. The molecule has 1 aromatic carbocycles. The van der Waals surface area contributed by atoms with E-state index in [1.54, 1.807) is 0 Å². The Kier molecular flexibility index (Phi) is 2.77. The second-order valence-corrected chi connectivity index (χ2v) is 3.35. The van der Waals surface area contributed by atoms with Crippen molar-refractivity contribution in [1.82, 2.24) is 0 Å². The Bertz CT molecular complexity index is 444. The number of fused-ring (bicyclic) bond motifs is 1. The van der Waals surface area contributed by atoms with Gasteiger partial charge in [0.1, 0.15) is 0 Å². The SMILES string of the molecule is O=[N+]([O-])c1cc2c(cc1[N+](=O)[O-])OCCCO2. The molecule has 0 saturated heterocycles. The van der Waals surface area contributed by atoms with Gasteiger partial charge in [-0.25, -0.2) is 0 Å². The van der Waals surface area contributed by atoms with Gasteiger partial charge >= 0.3 is 11.4 Å². The van der Waals surface area contributed by atoms with E-state index in [0.29, 0.717) is 19.6 Å². The third-order valence-electron chi connectivity index (χ3n) is 2.24. The molecule has 1 heterocycles. The van der Waals surface area contributed by atoms with E-state index < -0.39 is 21.2 Å². The van der Waals surface area contributed by atoms with Crippen molar-refractivity contribution in [2.75, 3.05) is 13.2 Å². The molecule has 2 rings (SSSR count). The summed E-state index contributed by atoms with van der Waals surface area (Å²) in [5, 5.41) is 21.4. The van der Waals surface area contributed by atoms with E-state index in [-0.39, 0.29) is 11.5 Å². The molecule has 90 valence electrons. The Morgan fingerprint density at radius 1 is 0.941 bits per heavy atom. The van der Waals surface area contributed by atoms with Crippen LogP contribution in [0.1, 0.15) is 6.42 Å². The van der Waals surface area contributed by atoms with Crippen LogP contribution in [0, 0.1) is 20.2 Å². The first-order chi connectivity index (χ1) is 8.09. The lowest BCUT2D eigenvalue weighted by atomic mass is 10.2. The smallest absolute Gasteiger partial charge is 0.350 e. The molecule has 0 bridgehead atoms. The molecule has 1 aromatic rings. The van der Waals surface area contributed by atoms with E-state index in [1.165, 1.54) is 0 Å². The van der Waals surface area contributed by atoms with Gasteiger partial charge in [0.25, 0.3) is 0 Å². The van der Waals surface area contributed by atoms with Gasteiger partial charge in [-0.05, 0) is 0 Å². The van der Waals surface area contributed by atoms with E-state index in [0.717, 1.165) is 12.1 Å². The molecule has 8 nitrogen and oxygen atoms in total. The zero-order valence-electron chi connectivity index (χ0n) is 8.62. The minimum absolute atomic E-state index is 0.166. The van der Waals surface area contributed by atoms with Crippen LogP contribution in [-0.2, 0) is 0 Å². The molecule has 0 aromatic heterocycles. The van der Waals surface area contributed by atoms with Crippen molar-refractivity contribution in [3.63, 3.8) is 0 Å². The Morgan fingerprint density at radius 2 is 1.35 bits per heavy atom. The Labute approximate surface area is 95.1 Å². The zero-order chi connectivity index (χ0) is 12.4. The molecule has 0 atom stereocenters. The van der Waals surface area contributed by atoms with Crippen molar-refractivity contribution in [2.24, 2.45) is 0 Å². The molecular weight excluding hydrogens is 232 g/mol. The van der Waals surface area contributed by atoms with Crippen LogP contribution in [0.2, 0.25) is 0 Å². The highest BCUT2D eigenvalue weighted by Crippen LogP contribution is 2.39. The Hall–Kier alpha value is -2.38. The summed E-state index contributed by atoms with van der Waals surface area (Å²) in [5.41, 5.74) is -1.20. The lowest BCUT2D eigenvalue weighted by Crippen LogP contribution is -1.99. The van der Waals surface area contributed by atoms with Crippen molar-refractivity contribution in [3.05, 3.63) is 32.4 Å². The van der Waals surface area contributed by atoms with Crippen LogP contribution in [0.5, 0.6) is 11.5 Å². The molecule has 17 heavy (non-hydrogen) atoms. The van der Waals surface area contributed by atoms with Gasteiger partial charge in [-0.1, -0.05) is 0 Å². The number of hydrogen-bond donors (Lipinski definition) is 0. The topological polar surface area (TPSA) is 105 Å². The summed E-state index contributed by atoms with van der Waals surface area (Å²) in [6.07, 6.45) is 0.621. The van der Waals surface area contributed by atoms with E-state index in [4.69, 9.17) is 9.47 Å². The quantitative estimate of drug-likeness (QED) is 0.575. The maximum atomic E-state index is 10.7. The van der Waals surface area contributed by atoms with Gasteiger partial charge in [0.15, 0.2) is 11.5 Å². The normalized spacial score (nSPS) is 13.9. The lowest BCUT2D eigenvalue weighted by Gasteiger charge is -2.06. The van der Waals surface area contributed by atoms with Crippen LogP contribution in [0.15, 0.2) is 12.1 Å². The minimum atomic E-state index is -0.813. The van der Waals surface area contributed by atoms with Gasteiger partial charge in [0, 0.05) is 6.42 Å². The summed E-state index contributed by atoms with van der Waals surface area (Å²) in [6.45, 7) is 0.726. The standard InChI is InChI=1S/C9H8N2O6/c12-10(13)6-4-8-9(5-7(6)11(14)15)17-3-1-2-16-8/h4-5H,1-3H2. The number of nitro groups is 2. The second-order valence-electron chi connectivity index (χ2n) is 3.35. The first-order valence-corrected chi connectivity index (χ1v) is 4.82. The molecule has 1 aliphatic heterocycles. The molecule has 1 aliphatic rings. The summed E-state index contributed by atoms with van der Waals surface area (Å²) >= 11 is 0. The van der Waals surface area contributed by atoms with Gasteiger partial charge in [0.05, 0.1) is 35.2 Å². The predicted octanol–water partition coefficient (Wildman–Crippen LogP) is 1.66. The summed E-state index contributed by atoms with van der Waals surface area (Å²) in [4.78, 5) is 19.8. The highest BCUT2D eigenvalue weighted by molar-refractivity contribution is 5.62. The van der Waals surface area contributed by atoms with Crippen LogP contribution < -0.4 is 9.47 Å². The van der Waals surface area contributed by atoms with Gasteiger partial charge in [-0.2, -0.15) is 0 Å². The first-order valence-electron chi connectivity index (χ1n) is 4.82. The summed E-state index contributed by atoms with van der Waals surface area (Å²) in [6, 6.07) is 2.05.